The highest BCUT2D eigenvalue weighted by atomic mass is 16.2. The fraction of sp³-hybridized carbons (Fsp3) is 0.250. The predicted molar refractivity (Wildman–Crippen MR) is 57.7 cm³/mol. The van der Waals surface area contributed by atoms with Crippen LogP contribution in [-0.4, -0.2) is 18.2 Å². The Morgan fingerprint density at radius 3 is 2.44 bits per heavy atom. The fourth-order valence-corrected chi connectivity index (χ4v) is 1.70. The third-order valence-electron chi connectivity index (χ3n) is 2.52. The average Bonchev–Trinajstić information content (AvgIpc) is 2.59. The summed E-state index contributed by atoms with van der Waals surface area (Å²) >= 11 is 0. The van der Waals surface area contributed by atoms with Gasteiger partial charge in [0.1, 0.15) is 0 Å². The van der Waals surface area contributed by atoms with Gasteiger partial charge in [-0.3, -0.25) is 9.59 Å². The lowest BCUT2D eigenvalue weighted by molar-refractivity contribution is -0.121. The minimum Gasteiger partial charge on any atom is -0.305 e. The van der Waals surface area contributed by atoms with E-state index in [0.29, 0.717) is 6.42 Å². The van der Waals surface area contributed by atoms with E-state index in [2.05, 4.69) is 6.07 Å². The second-order valence-corrected chi connectivity index (χ2v) is 3.70. The van der Waals surface area contributed by atoms with Crippen LogP contribution in [0.1, 0.15) is 12.0 Å². The molecule has 4 heteroatoms. The Balaban J connectivity index is 2.19. The van der Waals surface area contributed by atoms with E-state index in [0.717, 1.165) is 11.3 Å². The van der Waals surface area contributed by atoms with Gasteiger partial charge in [-0.05, 0) is 17.7 Å². The second kappa shape index (κ2) is 4.15. The molecule has 4 nitrogen and oxygen atoms in total. The van der Waals surface area contributed by atoms with Crippen molar-refractivity contribution in [2.24, 2.45) is 0 Å². The minimum absolute atomic E-state index is 0.0000526. The van der Waals surface area contributed by atoms with Gasteiger partial charge in [0.2, 0.25) is 5.91 Å². The van der Waals surface area contributed by atoms with E-state index in [9.17, 15) is 9.59 Å². The number of Topliss-reactive ketones (excluding diaryl/α,β-unsaturated/α-hetero) is 1. The lowest BCUT2D eigenvalue weighted by atomic mass is 10.1. The van der Waals surface area contributed by atoms with Crippen LogP contribution in [0.5, 0.6) is 0 Å². The molecule has 0 aromatic heterocycles. The first-order chi connectivity index (χ1) is 7.70. The van der Waals surface area contributed by atoms with Crippen molar-refractivity contribution in [1.29, 1.82) is 5.26 Å². The van der Waals surface area contributed by atoms with Crippen LogP contribution in [0.15, 0.2) is 24.3 Å². The summed E-state index contributed by atoms with van der Waals surface area (Å²) in [5.41, 5.74) is 1.63. The number of amides is 1. The predicted octanol–water partition coefficient (Wildman–Crippen LogP) is 1.06. The number of rotatable bonds is 2. The molecule has 1 aromatic rings. The van der Waals surface area contributed by atoms with Crippen LogP contribution >= 0.6 is 0 Å². The lowest BCUT2D eigenvalue weighted by Gasteiger charge is -2.14. The van der Waals surface area contributed by atoms with E-state index in [-0.39, 0.29) is 24.7 Å². The molecule has 16 heavy (non-hydrogen) atoms. The lowest BCUT2D eigenvalue weighted by Crippen LogP contribution is -2.24. The van der Waals surface area contributed by atoms with Crippen molar-refractivity contribution in [3.05, 3.63) is 29.8 Å². The number of anilines is 1. The van der Waals surface area contributed by atoms with Crippen molar-refractivity contribution in [2.75, 3.05) is 11.4 Å². The molecule has 80 valence electrons. The van der Waals surface area contributed by atoms with Crippen LogP contribution in [0.25, 0.3) is 0 Å². The number of carbonyl (C=O) groups is 2. The Morgan fingerprint density at radius 2 is 1.94 bits per heavy atom. The maximum absolute atomic E-state index is 11.4. The van der Waals surface area contributed by atoms with Gasteiger partial charge >= 0.3 is 0 Å². The Kier molecular flexibility index (Phi) is 2.69. The standard InChI is InChI=1S/C12H10N2O2/c13-6-5-9-1-3-10(4-2-9)14-8-11(15)7-12(14)16/h1-4H,5,7-8H2. The Morgan fingerprint density at radius 1 is 1.25 bits per heavy atom. The van der Waals surface area contributed by atoms with Crippen LogP contribution in [0.3, 0.4) is 0 Å². The smallest absolute Gasteiger partial charge is 0.234 e. The topological polar surface area (TPSA) is 61.2 Å². The zero-order chi connectivity index (χ0) is 11.5. The Labute approximate surface area is 93.1 Å². The summed E-state index contributed by atoms with van der Waals surface area (Å²) in [6.45, 7) is 0.163. The van der Waals surface area contributed by atoms with Crippen LogP contribution < -0.4 is 4.90 Å². The van der Waals surface area contributed by atoms with Gasteiger partial charge in [-0.25, -0.2) is 0 Å². The summed E-state index contributed by atoms with van der Waals surface area (Å²) in [5, 5.41) is 8.52. The van der Waals surface area contributed by atoms with E-state index >= 15 is 0 Å². The highest BCUT2D eigenvalue weighted by Crippen LogP contribution is 2.20. The van der Waals surface area contributed by atoms with E-state index in [1.54, 1.807) is 24.3 Å². The molecule has 0 saturated carbocycles. The van der Waals surface area contributed by atoms with Crippen LogP contribution in [-0.2, 0) is 16.0 Å². The van der Waals surface area contributed by atoms with Gasteiger partial charge < -0.3 is 4.90 Å². The van der Waals surface area contributed by atoms with Crippen molar-refractivity contribution < 1.29 is 9.59 Å². The molecule has 0 aliphatic carbocycles. The summed E-state index contributed by atoms with van der Waals surface area (Å²) in [5.74, 6) is -0.205. The van der Waals surface area contributed by atoms with Crippen LogP contribution in [0.2, 0.25) is 0 Å². The van der Waals surface area contributed by atoms with Crippen molar-refractivity contribution in [2.45, 2.75) is 12.8 Å². The molecular formula is C12H10N2O2. The molecule has 1 amide bonds. The van der Waals surface area contributed by atoms with Gasteiger partial charge in [-0.1, -0.05) is 12.1 Å². The number of nitrogens with zero attached hydrogens (tertiary/aromatic N) is 2. The molecule has 0 atom stereocenters. The Bertz CT molecular complexity index is 471. The number of benzene rings is 1. The van der Waals surface area contributed by atoms with Gasteiger partial charge in [-0.2, -0.15) is 5.26 Å². The molecule has 1 fully saturated rings. The van der Waals surface area contributed by atoms with Gasteiger partial charge in [0.25, 0.3) is 0 Å². The van der Waals surface area contributed by atoms with Crippen LogP contribution in [0.4, 0.5) is 5.69 Å². The van der Waals surface area contributed by atoms with Crippen LogP contribution in [0, 0.1) is 11.3 Å². The molecule has 1 heterocycles. The summed E-state index contributed by atoms with van der Waals surface area (Å²) in [6, 6.07) is 9.19. The number of hydrogen-bond acceptors (Lipinski definition) is 3. The van der Waals surface area contributed by atoms with E-state index in [1.165, 1.54) is 4.90 Å². The molecule has 0 spiro atoms. The highest BCUT2D eigenvalue weighted by molar-refractivity contribution is 6.14. The first-order valence-electron chi connectivity index (χ1n) is 4.98. The summed E-state index contributed by atoms with van der Waals surface area (Å²) in [4.78, 5) is 24.0. The molecule has 0 N–H and O–H groups in total. The third kappa shape index (κ3) is 1.94. The zero-order valence-corrected chi connectivity index (χ0v) is 8.64. The average molecular weight is 214 g/mol. The van der Waals surface area contributed by atoms with Gasteiger partial charge in [0.15, 0.2) is 5.78 Å². The summed E-state index contributed by atoms with van der Waals surface area (Å²) in [6.07, 6.45) is 0.354. The molecule has 1 aliphatic rings. The maximum Gasteiger partial charge on any atom is 0.234 e. The number of carbonyl (C=O) groups excluding carboxylic acids is 2. The molecular weight excluding hydrogens is 204 g/mol. The summed E-state index contributed by atoms with van der Waals surface area (Å²) < 4.78 is 0. The third-order valence-corrected chi connectivity index (χ3v) is 2.52. The fourth-order valence-electron chi connectivity index (χ4n) is 1.70. The van der Waals surface area contributed by atoms with Crippen molar-refractivity contribution in [1.82, 2.24) is 0 Å². The molecule has 0 radical (unpaired) electrons. The quantitative estimate of drug-likeness (QED) is 0.691. The normalized spacial score (nSPS) is 15.3. The first kappa shape index (κ1) is 10.4. The number of ketones is 1. The van der Waals surface area contributed by atoms with E-state index < -0.39 is 0 Å². The van der Waals surface area contributed by atoms with Crippen molar-refractivity contribution >= 4 is 17.4 Å². The molecule has 0 bridgehead atoms. The summed E-state index contributed by atoms with van der Waals surface area (Å²) in [7, 11) is 0. The largest absolute Gasteiger partial charge is 0.305 e. The highest BCUT2D eigenvalue weighted by Gasteiger charge is 2.28. The molecule has 1 aliphatic heterocycles. The number of nitriles is 1. The van der Waals surface area contributed by atoms with Gasteiger partial charge in [0, 0.05) is 5.69 Å². The van der Waals surface area contributed by atoms with E-state index in [4.69, 9.17) is 5.26 Å². The van der Waals surface area contributed by atoms with Gasteiger partial charge in [-0.15, -0.1) is 0 Å². The zero-order valence-electron chi connectivity index (χ0n) is 8.64. The molecule has 1 saturated heterocycles. The number of hydrogen-bond donors (Lipinski definition) is 0. The maximum atomic E-state index is 11.4. The van der Waals surface area contributed by atoms with Crippen molar-refractivity contribution in [3.63, 3.8) is 0 Å². The van der Waals surface area contributed by atoms with E-state index in [1.807, 2.05) is 0 Å². The SMILES string of the molecule is N#CCc1ccc(N2CC(=O)CC2=O)cc1. The Hall–Kier alpha value is -2.15. The molecule has 2 rings (SSSR count). The van der Waals surface area contributed by atoms with Crippen molar-refractivity contribution in [3.8, 4) is 6.07 Å². The van der Waals surface area contributed by atoms with Gasteiger partial charge in [0.05, 0.1) is 25.5 Å². The minimum atomic E-state index is -0.155. The second-order valence-electron chi connectivity index (χ2n) is 3.70. The first-order valence-corrected chi connectivity index (χ1v) is 4.98. The molecule has 0 unspecified atom stereocenters. The monoisotopic (exact) mass is 214 g/mol. The molecule has 1 aromatic carbocycles.